The summed E-state index contributed by atoms with van der Waals surface area (Å²) in [6.07, 6.45) is 5.88. The molecule has 1 aliphatic heterocycles. The molecule has 1 saturated heterocycles. The molecule has 1 N–H and O–H groups in total. The molecule has 0 spiro atoms. The smallest absolute Gasteiger partial charge is 0.331 e. The van der Waals surface area contributed by atoms with E-state index in [-0.39, 0.29) is 22.2 Å². The molecule has 33 heavy (non-hydrogen) atoms. The van der Waals surface area contributed by atoms with Crippen molar-refractivity contribution in [3.63, 3.8) is 0 Å². The molecule has 4 rings (SSSR count). The van der Waals surface area contributed by atoms with Gasteiger partial charge in [-0.2, -0.15) is 0 Å². The average molecular weight is 469 g/mol. The number of aromatic carboxylic acids is 1. The number of aryl methyl sites for hydroxylation is 1. The molecule has 0 bridgehead atoms. The van der Waals surface area contributed by atoms with Gasteiger partial charge in [0.05, 0.1) is 5.97 Å². The minimum atomic E-state index is -1.39. The van der Waals surface area contributed by atoms with E-state index < -0.39 is 23.8 Å². The van der Waals surface area contributed by atoms with E-state index in [9.17, 15) is 24.3 Å². The van der Waals surface area contributed by atoms with Gasteiger partial charge in [0.15, 0.2) is 0 Å². The number of benzene rings is 1. The third kappa shape index (κ3) is 4.18. The normalized spacial score (nSPS) is 18.7. The van der Waals surface area contributed by atoms with Crippen LogP contribution in [0.2, 0.25) is 5.02 Å². The van der Waals surface area contributed by atoms with Crippen LogP contribution in [0.15, 0.2) is 29.8 Å². The van der Waals surface area contributed by atoms with Gasteiger partial charge in [-0.05, 0) is 62.6 Å². The molecule has 0 atom stereocenters. The maximum Gasteiger partial charge on any atom is 0.331 e. The SMILES string of the molecule is Cc1cc(/C=C2\C(=O)NC(=O)N(C3CCCCC3)C2=O)c(C)n1-c1ccc(Cl)c(C(=O)[O-])c1. The van der Waals surface area contributed by atoms with Crippen molar-refractivity contribution in [2.24, 2.45) is 0 Å². The number of urea groups is 1. The number of nitrogens with zero attached hydrogens (tertiary/aromatic N) is 2. The van der Waals surface area contributed by atoms with Gasteiger partial charge in [0.1, 0.15) is 5.57 Å². The quantitative estimate of drug-likeness (QED) is 0.547. The Balaban J connectivity index is 1.73. The van der Waals surface area contributed by atoms with E-state index in [4.69, 9.17) is 11.6 Å². The fraction of sp³-hybridized carbons (Fsp3) is 0.333. The zero-order chi connectivity index (χ0) is 23.9. The highest BCUT2D eigenvalue weighted by atomic mass is 35.5. The molecule has 0 radical (unpaired) electrons. The van der Waals surface area contributed by atoms with Crippen molar-refractivity contribution >= 4 is 41.5 Å². The van der Waals surface area contributed by atoms with Crippen LogP contribution in [0.3, 0.4) is 0 Å². The van der Waals surface area contributed by atoms with Crippen LogP contribution in [-0.2, 0) is 9.59 Å². The van der Waals surface area contributed by atoms with E-state index in [0.717, 1.165) is 37.8 Å². The van der Waals surface area contributed by atoms with Gasteiger partial charge in [0.2, 0.25) is 0 Å². The van der Waals surface area contributed by atoms with Crippen LogP contribution in [0, 0.1) is 13.8 Å². The van der Waals surface area contributed by atoms with Crippen molar-refractivity contribution in [3.8, 4) is 5.69 Å². The minimum Gasteiger partial charge on any atom is -0.545 e. The molecule has 2 heterocycles. The Morgan fingerprint density at radius 1 is 1.12 bits per heavy atom. The van der Waals surface area contributed by atoms with Gasteiger partial charge >= 0.3 is 6.03 Å². The monoisotopic (exact) mass is 468 g/mol. The number of amides is 4. The third-order valence-corrected chi connectivity index (χ3v) is 6.60. The highest BCUT2D eigenvalue weighted by molar-refractivity contribution is 6.33. The first-order chi connectivity index (χ1) is 15.7. The zero-order valence-corrected chi connectivity index (χ0v) is 19.1. The molecule has 2 aliphatic rings. The summed E-state index contributed by atoms with van der Waals surface area (Å²) in [5.74, 6) is -2.71. The molecular weight excluding hydrogens is 446 g/mol. The number of carbonyl (C=O) groups excluding carboxylic acids is 4. The molecule has 2 aromatic rings. The maximum atomic E-state index is 13.2. The number of aromatic nitrogens is 1. The molecule has 8 nitrogen and oxygen atoms in total. The van der Waals surface area contributed by atoms with Gasteiger partial charge in [-0.1, -0.05) is 30.9 Å². The average Bonchev–Trinajstić information content (AvgIpc) is 3.05. The number of rotatable bonds is 4. The fourth-order valence-electron chi connectivity index (χ4n) is 4.64. The minimum absolute atomic E-state index is 0.0699. The molecule has 1 saturated carbocycles. The van der Waals surface area contributed by atoms with Crippen molar-refractivity contribution in [3.05, 3.63) is 57.4 Å². The van der Waals surface area contributed by atoms with Crippen molar-refractivity contribution in [2.45, 2.75) is 52.0 Å². The first kappa shape index (κ1) is 22.8. The Bertz CT molecular complexity index is 1210. The maximum absolute atomic E-state index is 13.2. The van der Waals surface area contributed by atoms with Gasteiger partial charge in [0, 0.05) is 33.7 Å². The summed E-state index contributed by atoms with van der Waals surface area (Å²) in [6, 6.07) is 5.47. The summed E-state index contributed by atoms with van der Waals surface area (Å²) in [7, 11) is 0. The number of carboxylic acids is 1. The second-order valence-electron chi connectivity index (χ2n) is 8.40. The van der Waals surface area contributed by atoms with E-state index in [2.05, 4.69) is 5.32 Å². The first-order valence-corrected chi connectivity index (χ1v) is 11.2. The van der Waals surface area contributed by atoms with E-state index in [1.165, 1.54) is 23.1 Å². The number of hydrogen-bond donors (Lipinski definition) is 1. The number of halogens is 1. The second kappa shape index (κ2) is 8.86. The standard InChI is InChI=1S/C24H24ClN3O5/c1-13-10-15(14(2)27(13)17-8-9-20(25)18(12-17)23(31)32)11-19-21(29)26-24(33)28(22(19)30)16-6-4-3-5-7-16/h8-12,16H,3-7H2,1-2H3,(H,31,32)(H,26,29,33)/p-1/b19-11+. The Hall–Kier alpha value is -3.39. The number of hydrogen-bond acceptors (Lipinski definition) is 5. The molecule has 1 aromatic heterocycles. The summed E-state index contributed by atoms with van der Waals surface area (Å²) in [4.78, 5) is 50.7. The van der Waals surface area contributed by atoms with Gasteiger partial charge in [0.25, 0.3) is 11.8 Å². The number of carboxylic acid groups (broad SMARTS) is 1. The van der Waals surface area contributed by atoms with Gasteiger partial charge in [-0.25, -0.2) is 4.79 Å². The first-order valence-electron chi connectivity index (χ1n) is 10.8. The van der Waals surface area contributed by atoms with Gasteiger partial charge in [-0.3, -0.25) is 19.8 Å². The number of imide groups is 2. The largest absolute Gasteiger partial charge is 0.545 e. The van der Waals surface area contributed by atoms with E-state index in [1.807, 2.05) is 6.92 Å². The predicted molar refractivity (Wildman–Crippen MR) is 120 cm³/mol. The van der Waals surface area contributed by atoms with Gasteiger partial charge in [-0.15, -0.1) is 0 Å². The molecule has 172 valence electrons. The predicted octanol–water partition coefficient (Wildman–Crippen LogP) is 2.91. The summed E-state index contributed by atoms with van der Waals surface area (Å²) in [6.45, 7) is 3.62. The van der Waals surface area contributed by atoms with E-state index >= 15 is 0 Å². The Kier molecular flexibility index (Phi) is 6.12. The van der Waals surface area contributed by atoms with Crippen molar-refractivity contribution < 1.29 is 24.3 Å². The summed E-state index contributed by atoms with van der Waals surface area (Å²) in [5.41, 5.74) is 2.37. The zero-order valence-electron chi connectivity index (χ0n) is 18.3. The molecule has 9 heteroatoms. The van der Waals surface area contributed by atoms with Crippen LogP contribution >= 0.6 is 11.6 Å². The number of nitrogens with one attached hydrogen (secondary N) is 1. The molecule has 1 aliphatic carbocycles. The van der Waals surface area contributed by atoms with Crippen LogP contribution in [0.5, 0.6) is 0 Å². The lowest BCUT2D eigenvalue weighted by atomic mass is 9.93. The summed E-state index contributed by atoms with van der Waals surface area (Å²) >= 11 is 5.96. The molecule has 0 unspecified atom stereocenters. The lowest BCUT2D eigenvalue weighted by molar-refractivity contribution is -0.255. The van der Waals surface area contributed by atoms with Crippen molar-refractivity contribution in [2.75, 3.05) is 0 Å². The van der Waals surface area contributed by atoms with Crippen LogP contribution in [-0.4, -0.2) is 39.3 Å². The molecule has 1 aromatic carbocycles. The molecule has 4 amide bonds. The Morgan fingerprint density at radius 2 is 1.82 bits per heavy atom. The van der Waals surface area contributed by atoms with E-state index in [1.54, 1.807) is 23.6 Å². The second-order valence-corrected chi connectivity index (χ2v) is 8.80. The lowest BCUT2D eigenvalue weighted by Gasteiger charge is -2.35. The highest BCUT2D eigenvalue weighted by Crippen LogP contribution is 2.29. The Labute approximate surface area is 195 Å². The van der Waals surface area contributed by atoms with Gasteiger partial charge < -0.3 is 14.5 Å². The lowest BCUT2D eigenvalue weighted by Crippen LogP contribution is -2.58. The molecular formula is C24H23ClN3O5-. The number of carbonyl (C=O) groups is 4. The van der Waals surface area contributed by atoms with E-state index in [0.29, 0.717) is 16.9 Å². The van der Waals surface area contributed by atoms with Crippen LogP contribution < -0.4 is 10.4 Å². The Morgan fingerprint density at radius 3 is 2.48 bits per heavy atom. The summed E-state index contributed by atoms with van der Waals surface area (Å²) in [5, 5.41) is 13.7. The van der Waals surface area contributed by atoms with Crippen molar-refractivity contribution in [1.82, 2.24) is 14.8 Å². The van der Waals surface area contributed by atoms with Crippen molar-refractivity contribution in [1.29, 1.82) is 0 Å². The van der Waals surface area contributed by atoms with Crippen LogP contribution in [0.25, 0.3) is 11.8 Å². The van der Waals surface area contributed by atoms with Crippen LogP contribution in [0.1, 0.15) is 59.4 Å². The fourth-order valence-corrected chi connectivity index (χ4v) is 4.83. The molecule has 2 fully saturated rings. The third-order valence-electron chi connectivity index (χ3n) is 6.27. The topological polar surface area (TPSA) is 112 Å². The van der Waals surface area contributed by atoms with Crippen LogP contribution in [0.4, 0.5) is 4.79 Å². The number of barbiturate groups is 1. The highest BCUT2D eigenvalue weighted by Gasteiger charge is 2.40. The summed E-state index contributed by atoms with van der Waals surface area (Å²) < 4.78 is 1.80.